The van der Waals surface area contributed by atoms with Gasteiger partial charge in [0.05, 0.1) is 12.7 Å². The lowest BCUT2D eigenvalue weighted by Gasteiger charge is -2.21. The van der Waals surface area contributed by atoms with E-state index in [2.05, 4.69) is 19.2 Å². The number of hydrogen-bond donors (Lipinski definition) is 1. The highest BCUT2D eigenvalue weighted by Gasteiger charge is 2.13. The van der Waals surface area contributed by atoms with E-state index < -0.39 is 0 Å². The van der Waals surface area contributed by atoms with E-state index in [0.29, 0.717) is 12.5 Å². The maximum absolute atomic E-state index is 6.07. The Labute approximate surface area is 103 Å². The largest absolute Gasteiger partial charge is 0.372 e. The summed E-state index contributed by atoms with van der Waals surface area (Å²) in [5.74, 6) is 0.495. The number of ether oxygens (including phenoxy) is 1. The number of rotatable bonds is 6. The molecule has 0 heterocycles. The second-order valence-corrected chi connectivity index (χ2v) is 4.65. The summed E-state index contributed by atoms with van der Waals surface area (Å²) in [6, 6.07) is 7.80. The molecule has 0 radical (unpaired) electrons. The van der Waals surface area contributed by atoms with Crippen LogP contribution in [0.1, 0.15) is 19.4 Å². The number of benzene rings is 1. The highest BCUT2D eigenvalue weighted by Crippen LogP contribution is 2.17. The molecule has 0 saturated heterocycles. The molecule has 1 aromatic rings. The second-order valence-electron chi connectivity index (χ2n) is 4.24. The molecule has 0 fully saturated rings. The monoisotopic (exact) mass is 241 g/mol. The van der Waals surface area contributed by atoms with Crippen LogP contribution in [-0.2, 0) is 11.3 Å². The number of hydrogen-bond acceptors (Lipinski definition) is 2. The van der Waals surface area contributed by atoms with Crippen molar-refractivity contribution in [2.75, 3.05) is 13.6 Å². The van der Waals surface area contributed by atoms with Crippen molar-refractivity contribution in [2.45, 2.75) is 26.6 Å². The summed E-state index contributed by atoms with van der Waals surface area (Å²) in [7, 11) is 1.94. The molecule has 0 aliphatic rings. The van der Waals surface area contributed by atoms with Gasteiger partial charge in [0.1, 0.15) is 0 Å². The van der Waals surface area contributed by atoms with Crippen LogP contribution >= 0.6 is 11.6 Å². The molecule has 90 valence electrons. The van der Waals surface area contributed by atoms with Crippen LogP contribution in [-0.4, -0.2) is 19.7 Å². The predicted molar refractivity (Wildman–Crippen MR) is 68.8 cm³/mol. The molecule has 0 spiro atoms. The van der Waals surface area contributed by atoms with Crippen molar-refractivity contribution in [1.29, 1.82) is 0 Å². The first-order valence-electron chi connectivity index (χ1n) is 5.64. The topological polar surface area (TPSA) is 21.3 Å². The van der Waals surface area contributed by atoms with Gasteiger partial charge in [0.25, 0.3) is 0 Å². The Morgan fingerprint density at radius 1 is 1.31 bits per heavy atom. The molecule has 0 bridgehead atoms. The van der Waals surface area contributed by atoms with Gasteiger partial charge >= 0.3 is 0 Å². The predicted octanol–water partition coefficient (Wildman–Crippen LogP) is 3.10. The highest BCUT2D eigenvalue weighted by atomic mass is 35.5. The number of halogens is 1. The van der Waals surface area contributed by atoms with Crippen LogP contribution in [0.3, 0.4) is 0 Å². The van der Waals surface area contributed by atoms with E-state index in [1.165, 1.54) is 0 Å². The van der Waals surface area contributed by atoms with Gasteiger partial charge in [-0.15, -0.1) is 0 Å². The lowest BCUT2D eigenvalue weighted by atomic mass is 10.1. The lowest BCUT2D eigenvalue weighted by Crippen LogP contribution is -2.31. The van der Waals surface area contributed by atoms with Gasteiger partial charge in [-0.3, -0.25) is 0 Å². The van der Waals surface area contributed by atoms with Gasteiger partial charge < -0.3 is 10.1 Å². The molecule has 0 amide bonds. The first kappa shape index (κ1) is 13.5. The van der Waals surface area contributed by atoms with E-state index in [0.717, 1.165) is 17.1 Å². The Bertz CT molecular complexity index is 315. The van der Waals surface area contributed by atoms with Crippen molar-refractivity contribution in [3.05, 3.63) is 34.9 Å². The van der Waals surface area contributed by atoms with Gasteiger partial charge in [-0.25, -0.2) is 0 Å². The van der Waals surface area contributed by atoms with Gasteiger partial charge in [-0.05, 0) is 24.6 Å². The third-order valence-electron chi connectivity index (χ3n) is 2.56. The molecule has 3 heteroatoms. The molecule has 0 saturated carbocycles. The molecule has 0 aromatic heterocycles. The minimum absolute atomic E-state index is 0.223. The zero-order valence-corrected chi connectivity index (χ0v) is 10.9. The van der Waals surface area contributed by atoms with Crippen LogP contribution in [0, 0.1) is 5.92 Å². The summed E-state index contributed by atoms with van der Waals surface area (Å²) < 4.78 is 5.86. The van der Waals surface area contributed by atoms with Gasteiger partial charge in [-0.1, -0.05) is 43.6 Å². The van der Waals surface area contributed by atoms with Crippen LogP contribution in [0.4, 0.5) is 0 Å². The fraction of sp³-hybridized carbons (Fsp3) is 0.538. The summed E-state index contributed by atoms with van der Waals surface area (Å²) in [4.78, 5) is 0. The Hall–Kier alpha value is -0.570. The molecule has 0 aliphatic heterocycles. The van der Waals surface area contributed by atoms with E-state index in [4.69, 9.17) is 16.3 Å². The normalized spacial score (nSPS) is 13.1. The number of likely N-dealkylation sites (N-methyl/N-ethyl adjacent to an activating group) is 1. The van der Waals surface area contributed by atoms with Crippen molar-refractivity contribution in [1.82, 2.24) is 5.32 Å². The van der Waals surface area contributed by atoms with E-state index in [1.807, 2.05) is 31.3 Å². The second kappa shape index (κ2) is 6.89. The molecule has 1 unspecified atom stereocenters. The number of nitrogens with one attached hydrogen (secondary N) is 1. The fourth-order valence-corrected chi connectivity index (χ4v) is 1.69. The minimum Gasteiger partial charge on any atom is -0.372 e. The zero-order valence-electron chi connectivity index (χ0n) is 10.2. The van der Waals surface area contributed by atoms with Crippen LogP contribution in [0.25, 0.3) is 0 Å². The molecule has 16 heavy (non-hydrogen) atoms. The average molecular weight is 242 g/mol. The quantitative estimate of drug-likeness (QED) is 0.827. The first-order valence-corrected chi connectivity index (χ1v) is 6.02. The maximum Gasteiger partial charge on any atom is 0.0735 e. The Balaban J connectivity index is 2.52. The van der Waals surface area contributed by atoms with E-state index in [1.54, 1.807) is 0 Å². The van der Waals surface area contributed by atoms with Crippen molar-refractivity contribution in [3.63, 3.8) is 0 Å². The summed E-state index contributed by atoms with van der Waals surface area (Å²) in [5, 5.41) is 3.91. The lowest BCUT2D eigenvalue weighted by molar-refractivity contribution is 0.0125. The van der Waals surface area contributed by atoms with Crippen LogP contribution in [0.5, 0.6) is 0 Å². The van der Waals surface area contributed by atoms with Crippen molar-refractivity contribution in [3.8, 4) is 0 Å². The standard InChI is InChI=1S/C13H20ClNO/c1-10(2)13(8-15-3)16-9-11-6-4-5-7-12(11)14/h4-7,10,13,15H,8-9H2,1-3H3. The molecule has 1 atom stereocenters. The summed E-state index contributed by atoms with van der Waals surface area (Å²) >= 11 is 6.07. The highest BCUT2D eigenvalue weighted by molar-refractivity contribution is 6.31. The third-order valence-corrected chi connectivity index (χ3v) is 2.93. The minimum atomic E-state index is 0.223. The SMILES string of the molecule is CNCC(OCc1ccccc1Cl)C(C)C. The molecular formula is C13H20ClNO. The Morgan fingerprint density at radius 2 is 2.00 bits per heavy atom. The van der Waals surface area contributed by atoms with Gasteiger partial charge in [-0.2, -0.15) is 0 Å². The molecule has 1 aromatic carbocycles. The molecular weight excluding hydrogens is 222 g/mol. The molecule has 0 aliphatic carbocycles. The Kier molecular flexibility index (Phi) is 5.81. The molecule has 2 nitrogen and oxygen atoms in total. The van der Waals surface area contributed by atoms with Crippen LogP contribution in [0.15, 0.2) is 24.3 Å². The molecule has 1 rings (SSSR count). The van der Waals surface area contributed by atoms with Crippen molar-refractivity contribution < 1.29 is 4.74 Å². The van der Waals surface area contributed by atoms with Gasteiger partial charge in [0, 0.05) is 11.6 Å². The van der Waals surface area contributed by atoms with Crippen LogP contribution < -0.4 is 5.32 Å². The maximum atomic E-state index is 6.07. The third kappa shape index (κ3) is 4.12. The van der Waals surface area contributed by atoms with Gasteiger partial charge in [0.2, 0.25) is 0 Å². The smallest absolute Gasteiger partial charge is 0.0735 e. The first-order chi connectivity index (χ1) is 7.65. The summed E-state index contributed by atoms with van der Waals surface area (Å²) in [6.07, 6.45) is 0.223. The zero-order chi connectivity index (χ0) is 12.0. The average Bonchev–Trinajstić information content (AvgIpc) is 2.26. The fourth-order valence-electron chi connectivity index (χ4n) is 1.50. The van der Waals surface area contributed by atoms with Gasteiger partial charge in [0.15, 0.2) is 0 Å². The Morgan fingerprint density at radius 3 is 2.56 bits per heavy atom. The summed E-state index contributed by atoms with van der Waals surface area (Å²) in [6.45, 7) is 5.76. The van der Waals surface area contributed by atoms with Crippen LogP contribution in [0.2, 0.25) is 5.02 Å². The molecule has 1 N–H and O–H groups in total. The van der Waals surface area contributed by atoms with E-state index >= 15 is 0 Å². The van der Waals surface area contributed by atoms with E-state index in [-0.39, 0.29) is 6.10 Å². The van der Waals surface area contributed by atoms with E-state index in [9.17, 15) is 0 Å². The van der Waals surface area contributed by atoms with Crippen molar-refractivity contribution in [2.24, 2.45) is 5.92 Å². The summed E-state index contributed by atoms with van der Waals surface area (Å²) in [5.41, 5.74) is 1.05. The van der Waals surface area contributed by atoms with Crippen molar-refractivity contribution >= 4 is 11.6 Å².